The van der Waals surface area contributed by atoms with Crippen molar-refractivity contribution in [3.63, 3.8) is 0 Å². The van der Waals surface area contributed by atoms with Crippen LogP contribution in [0.5, 0.6) is 0 Å². The zero-order valence-corrected chi connectivity index (χ0v) is 9.39. The molecule has 5 nitrogen and oxygen atoms in total. The van der Waals surface area contributed by atoms with Gasteiger partial charge in [0.1, 0.15) is 0 Å². The molecule has 0 spiro atoms. The first-order chi connectivity index (χ1) is 8.59. The van der Waals surface area contributed by atoms with Crippen molar-refractivity contribution in [1.29, 1.82) is 0 Å². The molecule has 18 heavy (non-hydrogen) atoms. The van der Waals surface area contributed by atoms with E-state index >= 15 is 0 Å². The third-order valence-corrected chi connectivity index (χ3v) is 1.96. The Bertz CT molecular complexity index is 512. The largest absolute Gasteiger partial charge is 0.478 e. The van der Waals surface area contributed by atoms with Gasteiger partial charge in [-0.05, 0) is 17.7 Å². The minimum Gasteiger partial charge on any atom is -0.478 e. The van der Waals surface area contributed by atoms with Gasteiger partial charge in [-0.15, -0.1) is 0 Å². The number of allylic oxidation sites excluding steroid dienone is 4. The van der Waals surface area contributed by atoms with E-state index in [1.165, 1.54) is 18.2 Å². The van der Waals surface area contributed by atoms with E-state index in [1.54, 1.807) is 36.4 Å². The van der Waals surface area contributed by atoms with Crippen molar-refractivity contribution in [2.75, 3.05) is 0 Å². The van der Waals surface area contributed by atoms with Crippen LogP contribution in [0.2, 0.25) is 0 Å². The summed E-state index contributed by atoms with van der Waals surface area (Å²) in [5, 5.41) is 18.7. The first kappa shape index (κ1) is 13.4. The molecule has 0 fully saturated rings. The summed E-state index contributed by atoms with van der Waals surface area (Å²) in [5.41, 5.74) is 0.875. The molecule has 92 valence electrons. The monoisotopic (exact) mass is 245 g/mol. The molecule has 1 aromatic carbocycles. The number of benzene rings is 1. The quantitative estimate of drug-likeness (QED) is 0.374. The number of aliphatic carboxylic acids is 1. The Morgan fingerprint density at radius 2 is 1.72 bits per heavy atom. The highest BCUT2D eigenvalue weighted by Crippen LogP contribution is 2.12. The topological polar surface area (TPSA) is 80.4 Å². The maximum atomic E-state index is 10.4. The molecule has 0 aliphatic carbocycles. The number of carboxylic acids is 1. The number of hydrogen-bond acceptors (Lipinski definition) is 3. The van der Waals surface area contributed by atoms with E-state index in [0.717, 1.165) is 11.6 Å². The lowest BCUT2D eigenvalue weighted by Crippen LogP contribution is -1.86. The predicted molar refractivity (Wildman–Crippen MR) is 68.0 cm³/mol. The Hall–Kier alpha value is -2.69. The number of nitro groups is 1. The van der Waals surface area contributed by atoms with E-state index in [-0.39, 0.29) is 5.69 Å². The van der Waals surface area contributed by atoms with Crippen LogP contribution < -0.4 is 0 Å². The number of hydrogen-bond donors (Lipinski definition) is 1. The SMILES string of the molecule is O=C(O)C=CC=CC=Cc1ccc([N+](=O)[O-])cc1. The van der Waals surface area contributed by atoms with Crippen molar-refractivity contribution in [3.05, 3.63) is 70.3 Å². The van der Waals surface area contributed by atoms with Gasteiger partial charge in [-0.25, -0.2) is 4.79 Å². The fraction of sp³-hybridized carbons (Fsp3) is 0. The van der Waals surface area contributed by atoms with Crippen LogP contribution in [0, 0.1) is 10.1 Å². The van der Waals surface area contributed by atoms with Crippen LogP contribution >= 0.6 is 0 Å². The van der Waals surface area contributed by atoms with Crippen molar-refractivity contribution in [3.8, 4) is 0 Å². The van der Waals surface area contributed by atoms with Crippen LogP contribution in [0.3, 0.4) is 0 Å². The van der Waals surface area contributed by atoms with E-state index in [4.69, 9.17) is 5.11 Å². The molecule has 0 atom stereocenters. The molecule has 0 amide bonds. The van der Waals surface area contributed by atoms with Crippen molar-refractivity contribution < 1.29 is 14.8 Å². The highest BCUT2D eigenvalue weighted by atomic mass is 16.6. The number of carboxylic acid groups (broad SMARTS) is 1. The molecule has 0 heterocycles. The van der Waals surface area contributed by atoms with Gasteiger partial charge in [0.25, 0.3) is 5.69 Å². The molecule has 1 N–H and O–H groups in total. The number of carbonyl (C=O) groups is 1. The molecule has 1 rings (SSSR count). The highest BCUT2D eigenvalue weighted by molar-refractivity contribution is 5.80. The normalized spacial score (nSPS) is 11.6. The fourth-order valence-electron chi connectivity index (χ4n) is 1.14. The average molecular weight is 245 g/mol. The molecule has 0 aliphatic heterocycles. The molecule has 0 radical (unpaired) electrons. The van der Waals surface area contributed by atoms with Gasteiger partial charge in [-0.3, -0.25) is 10.1 Å². The summed E-state index contributed by atoms with van der Waals surface area (Å²) in [6.07, 6.45) is 9.15. The van der Waals surface area contributed by atoms with Gasteiger partial charge in [-0.1, -0.05) is 30.4 Å². The van der Waals surface area contributed by atoms with E-state index in [9.17, 15) is 14.9 Å². The maximum Gasteiger partial charge on any atom is 0.328 e. The summed E-state index contributed by atoms with van der Waals surface area (Å²) in [4.78, 5) is 20.1. The lowest BCUT2D eigenvalue weighted by Gasteiger charge is -1.92. The third kappa shape index (κ3) is 4.89. The fourth-order valence-corrected chi connectivity index (χ4v) is 1.14. The summed E-state index contributed by atoms with van der Waals surface area (Å²) < 4.78 is 0. The first-order valence-corrected chi connectivity index (χ1v) is 5.08. The molecular weight excluding hydrogens is 234 g/mol. The molecule has 0 aromatic heterocycles. The highest BCUT2D eigenvalue weighted by Gasteiger charge is 2.01. The van der Waals surface area contributed by atoms with Crippen molar-refractivity contribution >= 4 is 17.7 Å². The summed E-state index contributed by atoms with van der Waals surface area (Å²) in [5.74, 6) is -1.00. The second-order valence-corrected chi connectivity index (χ2v) is 3.29. The Kier molecular flexibility index (Phi) is 5.05. The molecule has 1 aromatic rings. The van der Waals surface area contributed by atoms with E-state index < -0.39 is 10.9 Å². The molecule has 0 unspecified atom stereocenters. The minimum atomic E-state index is -1.00. The summed E-state index contributed by atoms with van der Waals surface area (Å²) in [7, 11) is 0. The molecule has 0 saturated carbocycles. The van der Waals surface area contributed by atoms with Gasteiger partial charge in [0.05, 0.1) is 4.92 Å². The van der Waals surface area contributed by atoms with Crippen LogP contribution in [0.1, 0.15) is 5.56 Å². The van der Waals surface area contributed by atoms with Crippen LogP contribution in [-0.4, -0.2) is 16.0 Å². The van der Waals surface area contributed by atoms with Crippen LogP contribution in [0.15, 0.2) is 54.6 Å². The van der Waals surface area contributed by atoms with Gasteiger partial charge in [-0.2, -0.15) is 0 Å². The summed E-state index contributed by atoms with van der Waals surface area (Å²) in [6, 6.07) is 6.12. The summed E-state index contributed by atoms with van der Waals surface area (Å²) >= 11 is 0. The predicted octanol–water partition coefficient (Wildman–Crippen LogP) is 2.81. The second-order valence-electron chi connectivity index (χ2n) is 3.29. The molecule has 0 aliphatic rings. The van der Waals surface area contributed by atoms with E-state index in [1.807, 2.05) is 0 Å². The van der Waals surface area contributed by atoms with Gasteiger partial charge in [0.15, 0.2) is 0 Å². The number of non-ortho nitro benzene ring substituents is 1. The molecule has 5 heteroatoms. The van der Waals surface area contributed by atoms with E-state index in [2.05, 4.69) is 0 Å². The zero-order chi connectivity index (χ0) is 13.4. The Labute approximate surface area is 104 Å². The van der Waals surface area contributed by atoms with Crippen LogP contribution in [0.4, 0.5) is 5.69 Å². The molecule has 0 saturated heterocycles. The minimum absolute atomic E-state index is 0.0482. The van der Waals surface area contributed by atoms with Crippen molar-refractivity contribution in [2.45, 2.75) is 0 Å². The van der Waals surface area contributed by atoms with Gasteiger partial charge >= 0.3 is 5.97 Å². The Balaban J connectivity index is 2.57. The Morgan fingerprint density at radius 1 is 1.11 bits per heavy atom. The maximum absolute atomic E-state index is 10.4. The van der Waals surface area contributed by atoms with Gasteiger partial charge < -0.3 is 5.11 Å². The zero-order valence-electron chi connectivity index (χ0n) is 9.39. The standard InChI is InChI=1S/C13H11NO4/c15-13(16)6-4-2-1-3-5-11-7-9-12(10-8-11)14(17)18/h1-10H,(H,15,16). The van der Waals surface area contributed by atoms with Crippen LogP contribution in [0.25, 0.3) is 6.08 Å². The number of nitrogens with zero attached hydrogens (tertiary/aromatic N) is 1. The third-order valence-electron chi connectivity index (χ3n) is 1.96. The second kappa shape index (κ2) is 6.80. The smallest absolute Gasteiger partial charge is 0.328 e. The Morgan fingerprint density at radius 3 is 2.28 bits per heavy atom. The summed E-state index contributed by atoms with van der Waals surface area (Å²) in [6.45, 7) is 0. The lowest BCUT2D eigenvalue weighted by atomic mass is 10.2. The van der Waals surface area contributed by atoms with Gasteiger partial charge in [0.2, 0.25) is 0 Å². The lowest BCUT2D eigenvalue weighted by molar-refractivity contribution is -0.384. The number of nitro benzene ring substituents is 1. The van der Waals surface area contributed by atoms with Crippen molar-refractivity contribution in [2.24, 2.45) is 0 Å². The molecule has 0 bridgehead atoms. The number of rotatable bonds is 5. The van der Waals surface area contributed by atoms with Gasteiger partial charge in [0, 0.05) is 18.2 Å². The van der Waals surface area contributed by atoms with E-state index in [0.29, 0.717) is 0 Å². The van der Waals surface area contributed by atoms with Crippen molar-refractivity contribution in [1.82, 2.24) is 0 Å². The van der Waals surface area contributed by atoms with Crippen LogP contribution in [-0.2, 0) is 4.79 Å². The molecular formula is C13H11NO4. The average Bonchev–Trinajstić information content (AvgIpc) is 2.34. The first-order valence-electron chi connectivity index (χ1n) is 5.08.